The van der Waals surface area contributed by atoms with Gasteiger partial charge in [-0.05, 0) is 55.1 Å². The molecule has 0 heterocycles. The SMILES string of the molecule is CCNC(Cc1ccccc1C)c1cc(C)c(F)cc1Cl. The van der Waals surface area contributed by atoms with Gasteiger partial charge < -0.3 is 5.32 Å². The second-order valence-corrected chi connectivity index (χ2v) is 5.77. The number of nitrogens with one attached hydrogen (secondary N) is 1. The van der Waals surface area contributed by atoms with Crippen molar-refractivity contribution in [3.8, 4) is 0 Å². The fourth-order valence-corrected chi connectivity index (χ4v) is 2.83. The molecule has 112 valence electrons. The van der Waals surface area contributed by atoms with Gasteiger partial charge in [0.25, 0.3) is 0 Å². The molecule has 0 aromatic heterocycles. The minimum Gasteiger partial charge on any atom is -0.310 e. The molecule has 2 aromatic carbocycles. The number of rotatable bonds is 5. The van der Waals surface area contributed by atoms with Crippen molar-refractivity contribution in [1.82, 2.24) is 5.32 Å². The number of likely N-dealkylation sites (N-methyl/N-ethyl adjacent to an activating group) is 1. The Bertz CT molecular complexity index is 625. The van der Waals surface area contributed by atoms with Crippen molar-refractivity contribution in [3.05, 3.63) is 69.5 Å². The Hall–Kier alpha value is -1.38. The van der Waals surface area contributed by atoms with Crippen molar-refractivity contribution in [1.29, 1.82) is 0 Å². The summed E-state index contributed by atoms with van der Waals surface area (Å²) in [5, 5.41) is 3.94. The molecule has 0 radical (unpaired) electrons. The van der Waals surface area contributed by atoms with Crippen LogP contribution in [-0.4, -0.2) is 6.54 Å². The summed E-state index contributed by atoms with van der Waals surface area (Å²) in [5.74, 6) is -0.255. The van der Waals surface area contributed by atoms with Crippen molar-refractivity contribution >= 4 is 11.6 Å². The lowest BCUT2D eigenvalue weighted by atomic mass is 9.95. The molecule has 21 heavy (non-hydrogen) atoms. The van der Waals surface area contributed by atoms with Gasteiger partial charge in [-0.3, -0.25) is 0 Å². The summed E-state index contributed by atoms with van der Waals surface area (Å²) in [6.07, 6.45) is 0.839. The highest BCUT2D eigenvalue weighted by molar-refractivity contribution is 6.31. The molecule has 1 atom stereocenters. The number of halogens is 2. The summed E-state index contributed by atoms with van der Waals surface area (Å²) in [6.45, 7) is 6.78. The summed E-state index contributed by atoms with van der Waals surface area (Å²) in [5.41, 5.74) is 4.12. The van der Waals surface area contributed by atoms with E-state index in [9.17, 15) is 4.39 Å². The molecule has 3 heteroatoms. The largest absolute Gasteiger partial charge is 0.310 e. The predicted octanol–water partition coefficient (Wildman–Crippen LogP) is 4.99. The van der Waals surface area contributed by atoms with Crippen LogP contribution in [0.3, 0.4) is 0 Å². The average molecular weight is 306 g/mol. The van der Waals surface area contributed by atoms with E-state index in [0.29, 0.717) is 10.6 Å². The minimum atomic E-state index is -0.255. The van der Waals surface area contributed by atoms with Crippen LogP contribution < -0.4 is 5.32 Å². The molecule has 1 N–H and O–H groups in total. The fraction of sp³-hybridized carbons (Fsp3) is 0.333. The third kappa shape index (κ3) is 3.84. The quantitative estimate of drug-likeness (QED) is 0.820. The molecular weight excluding hydrogens is 285 g/mol. The minimum absolute atomic E-state index is 0.0860. The van der Waals surface area contributed by atoms with Crippen molar-refractivity contribution in [2.75, 3.05) is 6.54 Å². The maximum absolute atomic E-state index is 13.6. The molecule has 1 nitrogen and oxygen atoms in total. The summed E-state index contributed by atoms with van der Waals surface area (Å²) >= 11 is 6.26. The lowest BCUT2D eigenvalue weighted by Crippen LogP contribution is -2.23. The van der Waals surface area contributed by atoms with Gasteiger partial charge in [-0.1, -0.05) is 48.9 Å². The standard InChI is InChI=1S/C18H21ClFN/c1-4-21-18(10-14-8-6-5-7-12(14)2)15-9-13(3)17(20)11-16(15)19/h5-9,11,18,21H,4,10H2,1-3H3. The maximum atomic E-state index is 13.6. The first-order valence-corrected chi connectivity index (χ1v) is 7.64. The molecule has 0 fully saturated rings. The smallest absolute Gasteiger partial charge is 0.127 e. The van der Waals surface area contributed by atoms with E-state index in [1.54, 1.807) is 6.92 Å². The Morgan fingerprint density at radius 1 is 1.14 bits per heavy atom. The van der Waals surface area contributed by atoms with E-state index >= 15 is 0 Å². The molecule has 0 saturated heterocycles. The van der Waals surface area contributed by atoms with Crippen LogP contribution in [-0.2, 0) is 6.42 Å². The Morgan fingerprint density at radius 2 is 1.86 bits per heavy atom. The second-order valence-electron chi connectivity index (χ2n) is 5.36. The van der Waals surface area contributed by atoms with Crippen LogP contribution in [0.4, 0.5) is 4.39 Å². The Balaban J connectivity index is 2.35. The van der Waals surface area contributed by atoms with Gasteiger partial charge in [0.1, 0.15) is 5.82 Å². The number of benzene rings is 2. The zero-order valence-electron chi connectivity index (χ0n) is 12.7. The normalized spacial score (nSPS) is 12.4. The molecule has 2 aromatic rings. The molecule has 0 spiro atoms. The van der Waals surface area contributed by atoms with E-state index in [-0.39, 0.29) is 11.9 Å². The summed E-state index contributed by atoms with van der Waals surface area (Å²) in [7, 11) is 0. The van der Waals surface area contributed by atoms with Gasteiger partial charge in [-0.25, -0.2) is 4.39 Å². The highest BCUT2D eigenvalue weighted by Gasteiger charge is 2.17. The second kappa shape index (κ2) is 7.06. The molecule has 0 bridgehead atoms. The van der Waals surface area contributed by atoms with Gasteiger partial charge in [0.2, 0.25) is 0 Å². The zero-order valence-corrected chi connectivity index (χ0v) is 13.5. The monoisotopic (exact) mass is 305 g/mol. The van der Waals surface area contributed by atoms with Gasteiger partial charge in [0.05, 0.1) is 0 Å². The maximum Gasteiger partial charge on any atom is 0.127 e. The van der Waals surface area contributed by atoms with Crippen LogP contribution >= 0.6 is 11.6 Å². The average Bonchev–Trinajstić information content (AvgIpc) is 2.45. The topological polar surface area (TPSA) is 12.0 Å². The van der Waals surface area contributed by atoms with Crippen molar-refractivity contribution in [3.63, 3.8) is 0 Å². The third-order valence-electron chi connectivity index (χ3n) is 3.79. The summed E-state index contributed by atoms with van der Waals surface area (Å²) in [6, 6.07) is 11.7. The van der Waals surface area contributed by atoms with Crippen molar-refractivity contribution in [2.45, 2.75) is 33.2 Å². The van der Waals surface area contributed by atoms with Gasteiger partial charge in [-0.15, -0.1) is 0 Å². The van der Waals surface area contributed by atoms with Crippen LogP contribution in [0.5, 0.6) is 0 Å². The lowest BCUT2D eigenvalue weighted by molar-refractivity contribution is 0.545. The number of hydrogen-bond donors (Lipinski definition) is 1. The first-order chi connectivity index (χ1) is 10.0. The van der Waals surface area contributed by atoms with Crippen LogP contribution in [0.15, 0.2) is 36.4 Å². The summed E-state index contributed by atoms with van der Waals surface area (Å²) in [4.78, 5) is 0. The van der Waals surface area contributed by atoms with Gasteiger partial charge >= 0.3 is 0 Å². The van der Waals surface area contributed by atoms with Crippen LogP contribution in [0.2, 0.25) is 5.02 Å². The Kier molecular flexibility index (Phi) is 5.38. The van der Waals surface area contributed by atoms with Crippen molar-refractivity contribution < 1.29 is 4.39 Å². The van der Waals surface area contributed by atoms with Crippen LogP contribution in [0.25, 0.3) is 0 Å². The van der Waals surface area contributed by atoms with E-state index in [4.69, 9.17) is 11.6 Å². The Morgan fingerprint density at radius 3 is 2.52 bits per heavy atom. The van der Waals surface area contributed by atoms with Gasteiger partial charge in [0.15, 0.2) is 0 Å². The molecule has 0 aliphatic heterocycles. The molecule has 2 rings (SSSR count). The molecule has 0 saturated carbocycles. The predicted molar refractivity (Wildman–Crippen MR) is 87.4 cm³/mol. The van der Waals surface area contributed by atoms with E-state index in [0.717, 1.165) is 18.5 Å². The van der Waals surface area contributed by atoms with Gasteiger partial charge in [0, 0.05) is 11.1 Å². The molecule has 1 unspecified atom stereocenters. The molecular formula is C18H21ClFN. The first kappa shape index (κ1) is 16.0. The highest BCUT2D eigenvalue weighted by Crippen LogP contribution is 2.29. The van der Waals surface area contributed by atoms with Crippen LogP contribution in [0.1, 0.15) is 35.2 Å². The number of hydrogen-bond acceptors (Lipinski definition) is 1. The molecule has 0 amide bonds. The van der Waals surface area contributed by atoms with Gasteiger partial charge in [-0.2, -0.15) is 0 Å². The molecule has 0 aliphatic carbocycles. The summed E-state index contributed by atoms with van der Waals surface area (Å²) < 4.78 is 13.6. The fourth-order valence-electron chi connectivity index (χ4n) is 2.54. The first-order valence-electron chi connectivity index (χ1n) is 7.26. The Labute approximate surface area is 131 Å². The van der Waals surface area contributed by atoms with Crippen LogP contribution in [0, 0.1) is 19.7 Å². The lowest BCUT2D eigenvalue weighted by Gasteiger charge is -2.21. The highest BCUT2D eigenvalue weighted by atomic mass is 35.5. The van der Waals surface area contributed by atoms with Crippen molar-refractivity contribution in [2.24, 2.45) is 0 Å². The van der Waals surface area contributed by atoms with E-state index in [1.807, 2.05) is 18.2 Å². The number of aryl methyl sites for hydroxylation is 2. The van der Waals surface area contributed by atoms with E-state index in [2.05, 4.69) is 31.3 Å². The van der Waals surface area contributed by atoms with E-state index < -0.39 is 0 Å². The van der Waals surface area contributed by atoms with E-state index in [1.165, 1.54) is 17.2 Å². The third-order valence-corrected chi connectivity index (χ3v) is 4.12. The molecule has 0 aliphatic rings. The zero-order chi connectivity index (χ0) is 15.4.